The van der Waals surface area contributed by atoms with Crippen molar-refractivity contribution < 1.29 is 9.53 Å². The van der Waals surface area contributed by atoms with Crippen LogP contribution in [0.4, 0.5) is 0 Å². The maximum atomic E-state index is 12.8. The Morgan fingerprint density at radius 2 is 1.35 bits per heavy atom. The van der Waals surface area contributed by atoms with E-state index in [1.807, 2.05) is 110 Å². The van der Waals surface area contributed by atoms with Crippen LogP contribution < -0.4 is 0 Å². The quantitative estimate of drug-likeness (QED) is 0.277. The van der Waals surface area contributed by atoms with Crippen LogP contribution in [0, 0.1) is 0 Å². The average molecular weight is 484 g/mol. The molecule has 0 spiro atoms. The standard InChI is InChI=1S/C32H25N3O2/c1-22(36)35-32(2,26-19-17-24(18-20-26)23-11-5-3-6-12-23)37-31(34-35)28-21-30(25-13-7-4-8-14-25)33-29-16-10-9-15-27(28)29/h3-21H,1-2H3/t32-/m0/s1. The zero-order chi connectivity index (χ0) is 25.4. The molecule has 1 aromatic heterocycles. The summed E-state index contributed by atoms with van der Waals surface area (Å²) in [5.41, 5.74) is 5.40. The number of fused-ring (bicyclic) bond motifs is 1. The summed E-state index contributed by atoms with van der Waals surface area (Å²) in [6.07, 6.45) is 0. The highest BCUT2D eigenvalue weighted by molar-refractivity contribution is 6.08. The second-order valence-corrected chi connectivity index (χ2v) is 9.20. The minimum atomic E-state index is -1.09. The first kappa shape index (κ1) is 22.7. The van der Waals surface area contributed by atoms with Crippen LogP contribution in [-0.4, -0.2) is 21.8 Å². The molecule has 1 aliphatic heterocycles. The predicted molar refractivity (Wildman–Crippen MR) is 147 cm³/mol. The third kappa shape index (κ3) is 4.04. The number of nitrogens with zero attached hydrogens (tertiary/aromatic N) is 3. The summed E-state index contributed by atoms with van der Waals surface area (Å²) in [7, 11) is 0. The van der Waals surface area contributed by atoms with Gasteiger partial charge < -0.3 is 4.74 Å². The van der Waals surface area contributed by atoms with Gasteiger partial charge in [-0.05, 0) is 23.3 Å². The molecule has 0 bridgehead atoms. The molecule has 0 N–H and O–H groups in total. The summed E-state index contributed by atoms with van der Waals surface area (Å²) in [6.45, 7) is 3.39. The number of aromatic nitrogens is 1. The van der Waals surface area contributed by atoms with Crippen LogP contribution in [0.2, 0.25) is 0 Å². The van der Waals surface area contributed by atoms with Crippen LogP contribution in [-0.2, 0) is 15.3 Å². The van der Waals surface area contributed by atoms with Crippen molar-refractivity contribution in [2.75, 3.05) is 0 Å². The molecule has 0 fully saturated rings. The summed E-state index contributed by atoms with van der Waals surface area (Å²) in [6, 6.07) is 38.2. The normalized spacial score (nSPS) is 16.9. The maximum Gasteiger partial charge on any atom is 0.243 e. The SMILES string of the molecule is CC(=O)N1N=C(c2cc(-c3ccccc3)nc3ccccc23)O[C@@]1(C)c1ccc(-c2ccccc2)cc1. The van der Waals surface area contributed by atoms with Gasteiger partial charge in [0.1, 0.15) is 0 Å². The van der Waals surface area contributed by atoms with E-state index in [0.29, 0.717) is 5.90 Å². The molecule has 5 nitrogen and oxygen atoms in total. The van der Waals surface area contributed by atoms with E-state index >= 15 is 0 Å². The Labute approximate surface area is 215 Å². The number of rotatable bonds is 4. The molecule has 0 radical (unpaired) electrons. The first-order valence-corrected chi connectivity index (χ1v) is 12.2. The average Bonchev–Trinajstić information content (AvgIpc) is 3.32. The van der Waals surface area contributed by atoms with Gasteiger partial charge in [-0.15, -0.1) is 5.10 Å². The molecule has 0 saturated heterocycles. The van der Waals surface area contributed by atoms with Gasteiger partial charge in [-0.2, -0.15) is 5.01 Å². The van der Waals surface area contributed by atoms with Crippen LogP contribution in [0.5, 0.6) is 0 Å². The molecule has 0 saturated carbocycles. The number of hydrazone groups is 1. The molecule has 5 aromatic rings. The number of carbonyl (C=O) groups is 1. The van der Waals surface area contributed by atoms with Crippen molar-refractivity contribution in [2.24, 2.45) is 5.10 Å². The van der Waals surface area contributed by atoms with Crippen molar-refractivity contribution in [3.05, 3.63) is 126 Å². The number of carbonyl (C=O) groups excluding carboxylic acids is 1. The molecular weight excluding hydrogens is 458 g/mol. The van der Waals surface area contributed by atoms with E-state index in [0.717, 1.165) is 44.4 Å². The highest BCUT2D eigenvalue weighted by atomic mass is 16.6. The number of pyridine rings is 1. The number of para-hydroxylation sites is 1. The maximum absolute atomic E-state index is 12.8. The van der Waals surface area contributed by atoms with Crippen molar-refractivity contribution in [2.45, 2.75) is 19.6 Å². The molecule has 2 heterocycles. The lowest BCUT2D eigenvalue weighted by molar-refractivity contribution is -0.146. The Balaban J connectivity index is 1.43. The Bertz CT molecular complexity index is 1630. The lowest BCUT2D eigenvalue weighted by atomic mass is 9.99. The summed E-state index contributed by atoms with van der Waals surface area (Å²) in [4.78, 5) is 17.7. The molecule has 6 rings (SSSR count). The molecule has 0 unspecified atom stereocenters. The molecular formula is C32H25N3O2. The zero-order valence-electron chi connectivity index (χ0n) is 20.6. The van der Waals surface area contributed by atoms with E-state index in [4.69, 9.17) is 14.8 Å². The Morgan fingerprint density at radius 1 is 0.757 bits per heavy atom. The minimum Gasteiger partial charge on any atom is -0.443 e. The van der Waals surface area contributed by atoms with E-state index in [1.165, 1.54) is 11.9 Å². The molecule has 1 aliphatic rings. The smallest absolute Gasteiger partial charge is 0.243 e. The predicted octanol–water partition coefficient (Wildman–Crippen LogP) is 6.98. The monoisotopic (exact) mass is 483 g/mol. The first-order chi connectivity index (χ1) is 18.0. The van der Waals surface area contributed by atoms with Gasteiger partial charge in [0, 0.05) is 35.9 Å². The number of benzene rings is 4. The van der Waals surface area contributed by atoms with E-state index in [1.54, 1.807) is 0 Å². The fourth-order valence-electron chi connectivity index (χ4n) is 4.81. The molecule has 4 aromatic carbocycles. The van der Waals surface area contributed by atoms with Gasteiger partial charge in [-0.1, -0.05) is 103 Å². The fraction of sp³-hybridized carbons (Fsp3) is 0.0938. The van der Waals surface area contributed by atoms with Crippen LogP contribution in [0.3, 0.4) is 0 Å². The van der Waals surface area contributed by atoms with Gasteiger partial charge in [0.25, 0.3) is 0 Å². The second kappa shape index (κ2) is 9.03. The summed E-state index contributed by atoms with van der Waals surface area (Å²) < 4.78 is 6.57. The molecule has 180 valence electrons. The van der Waals surface area contributed by atoms with Gasteiger partial charge in [-0.25, -0.2) is 4.98 Å². The first-order valence-electron chi connectivity index (χ1n) is 12.2. The summed E-state index contributed by atoms with van der Waals surface area (Å²) in [5, 5.41) is 7.04. The van der Waals surface area contributed by atoms with Crippen LogP contribution in [0.1, 0.15) is 25.0 Å². The van der Waals surface area contributed by atoms with E-state index in [9.17, 15) is 4.79 Å². The summed E-state index contributed by atoms with van der Waals surface area (Å²) >= 11 is 0. The van der Waals surface area contributed by atoms with Crippen LogP contribution in [0.25, 0.3) is 33.3 Å². The Kier molecular flexibility index (Phi) is 5.53. The van der Waals surface area contributed by atoms with Crippen LogP contribution in [0.15, 0.2) is 120 Å². The number of hydrogen-bond acceptors (Lipinski definition) is 4. The number of amides is 1. The van der Waals surface area contributed by atoms with Crippen molar-refractivity contribution in [3.8, 4) is 22.4 Å². The highest BCUT2D eigenvalue weighted by Crippen LogP contribution is 2.39. The van der Waals surface area contributed by atoms with Gasteiger partial charge in [0.15, 0.2) is 0 Å². The third-order valence-electron chi connectivity index (χ3n) is 6.73. The van der Waals surface area contributed by atoms with Crippen molar-refractivity contribution >= 4 is 22.7 Å². The number of ether oxygens (including phenoxy) is 1. The molecule has 1 atom stereocenters. The number of hydrogen-bond donors (Lipinski definition) is 0. The van der Waals surface area contributed by atoms with Gasteiger partial charge >= 0.3 is 0 Å². The fourth-order valence-corrected chi connectivity index (χ4v) is 4.81. The molecule has 0 aliphatic carbocycles. The van der Waals surface area contributed by atoms with Crippen molar-refractivity contribution in [1.82, 2.24) is 9.99 Å². The van der Waals surface area contributed by atoms with E-state index in [2.05, 4.69) is 12.1 Å². The third-order valence-corrected chi connectivity index (χ3v) is 6.73. The lowest BCUT2D eigenvalue weighted by Crippen LogP contribution is -2.41. The van der Waals surface area contributed by atoms with Gasteiger partial charge in [-0.3, -0.25) is 4.79 Å². The van der Waals surface area contributed by atoms with Crippen molar-refractivity contribution in [1.29, 1.82) is 0 Å². The van der Waals surface area contributed by atoms with Crippen molar-refractivity contribution in [3.63, 3.8) is 0 Å². The van der Waals surface area contributed by atoms with Crippen LogP contribution >= 0.6 is 0 Å². The minimum absolute atomic E-state index is 0.203. The lowest BCUT2D eigenvalue weighted by Gasteiger charge is -2.31. The van der Waals surface area contributed by atoms with Gasteiger partial charge in [0.2, 0.25) is 17.5 Å². The molecule has 1 amide bonds. The largest absolute Gasteiger partial charge is 0.443 e. The Morgan fingerprint density at radius 3 is 2.03 bits per heavy atom. The zero-order valence-corrected chi connectivity index (χ0v) is 20.6. The highest BCUT2D eigenvalue weighted by Gasteiger charge is 2.45. The van der Waals surface area contributed by atoms with E-state index < -0.39 is 5.72 Å². The molecule has 37 heavy (non-hydrogen) atoms. The van der Waals surface area contributed by atoms with E-state index in [-0.39, 0.29) is 5.91 Å². The molecule has 5 heteroatoms. The summed E-state index contributed by atoms with van der Waals surface area (Å²) in [5.74, 6) is 0.187. The topological polar surface area (TPSA) is 54.8 Å². The Hall–Kier alpha value is -4.77. The second-order valence-electron chi connectivity index (χ2n) is 9.20. The van der Waals surface area contributed by atoms with Gasteiger partial charge in [0.05, 0.1) is 11.2 Å².